The first-order valence-electron chi connectivity index (χ1n) is 6.69. The van der Waals surface area contributed by atoms with E-state index in [9.17, 15) is 14.7 Å². The van der Waals surface area contributed by atoms with Gasteiger partial charge in [0.15, 0.2) is 0 Å². The molecule has 0 radical (unpaired) electrons. The number of carboxylic acids is 1. The number of hydrogen-bond donors (Lipinski definition) is 2. The van der Waals surface area contributed by atoms with Crippen molar-refractivity contribution in [1.82, 2.24) is 9.88 Å². The molecular weight excluding hydrogens is 258 g/mol. The molecule has 1 atom stereocenters. The minimum atomic E-state index is -0.826. The molecule has 2 heterocycles. The Hall–Kier alpha value is -2.11. The smallest absolute Gasteiger partial charge is 0.321 e. The van der Waals surface area contributed by atoms with Crippen molar-refractivity contribution in [2.24, 2.45) is 5.41 Å². The van der Waals surface area contributed by atoms with Gasteiger partial charge in [0.2, 0.25) is 0 Å². The lowest BCUT2D eigenvalue weighted by atomic mass is 9.84. The Labute approximate surface area is 117 Å². The molecule has 1 aliphatic heterocycles. The maximum Gasteiger partial charge on any atom is 0.321 e. The number of nitrogens with one attached hydrogen (secondary N) is 1. The van der Waals surface area contributed by atoms with E-state index in [0.717, 1.165) is 5.69 Å². The van der Waals surface area contributed by atoms with Gasteiger partial charge in [-0.05, 0) is 31.9 Å². The molecule has 1 aromatic rings. The highest BCUT2D eigenvalue weighted by Gasteiger charge is 2.44. The van der Waals surface area contributed by atoms with E-state index < -0.39 is 11.4 Å². The topological polar surface area (TPSA) is 82.5 Å². The summed E-state index contributed by atoms with van der Waals surface area (Å²) >= 11 is 0. The van der Waals surface area contributed by atoms with Crippen molar-refractivity contribution in [1.29, 1.82) is 0 Å². The van der Waals surface area contributed by atoms with Crippen LogP contribution in [0.5, 0.6) is 0 Å². The molecule has 0 bridgehead atoms. The van der Waals surface area contributed by atoms with Crippen LogP contribution in [0.4, 0.5) is 10.5 Å². The molecule has 1 saturated heterocycles. The van der Waals surface area contributed by atoms with Gasteiger partial charge in [-0.15, -0.1) is 0 Å². The molecule has 0 saturated carbocycles. The monoisotopic (exact) mass is 277 g/mol. The van der Waals surface area contributed by atoms with Gasteiger partial charge in [0.1, 0.15) is 0 Å². The van der Waals surface area contributed by atoms with Crippen LogP contribution in [0.25, 0.3) is 0 Å². The molecule has 0 aromatic carbocycles. The minimum Gasteiger partial charge on any atom is -0.481 e. The molecule has 6 nitrogen and oxygen atoms in total. The van der Waals surface area contributed by atoms with Gasteiger partial charge in [-0.25, -0.2) is 4.79 Å². The van der Waals surface area contributed by atoms with E-state index in [2.05, 4.69) is 10.3 Å². The lowest BCUT2D eigenvalue weighted by molar-refractivity contribution is -0.148. The molecule has 1 aliphatic rings. The van der Waals surface area contributed by atoms with E-state index in [1.807, 2.05) is 13.8 Å². The number of aryl methyl sites for hydroxylation is 1. The maximum atomic E-state index is 12.2. The van der Waals surface area contributed by atoms with Crippen LogP contribution in [0.1, 0.15) is 25.5 Å². The van der Waals surface area contributed by atoms with Crippen molar-refractivity contribution in [3.05, 3.63) is 24.0 Å². The number of carbonyl (C=O) groups is 2. The summed E-state index contributed by atoms with van der Waals surface area (Å²) in [5.74, 6) is -0.826. The molecule has 1 unspecified atom stereocenters. The molecular formula is C14H19N3O3. The molecule has 108 valence electrons. The van der Waals surface area contributed by atoms with Crippen LogP contribution in [0.3, 0.4) is 0 Å². The lowest BCUT2D eigenvalue weighted by Gasteiger charge is -2.23. The molecule has 2 amide bonds. The maximum absolute atomic E-state index is 12.2. The first-order valence-corrected chi connectivity index (χ1v) is 6.69. The molecule has 1 fully saturated rings. The van der Waals surface area contributed by atoms with E-state index >= 15 is 0 Å². The largest absolute Gasteiger partial charge is 0.481 e. The van der Waals surface area contributed by atoms with Crippen molar-refractivity contribution in [2.45, 2.75) is 26.7 Å². The Bertz CT molecular complexity index is 532. The molecule has 2 N–H and O–H groups in total. The van der Waals surface area contributed by atoms with Crippen LogP contribution < -0.4 is 5.32 Å². The molecule has 1 aromatic heterocycles. The lowest BCUT2D eigenvalue weighted by Crippen LogP contribution is -2.38. The summed E-state index contributed by atoms with van der Waals surface area (Å²) in [5, 5.41) is 12.1. The number of urea groups is 1. The third-order valence-corrected chi connectivity index (χ3v) is 4.02. The number of likely N-dealkylation sites (tertiary alicyclic amines) is 1. The van der Waals surface area contributed by atoms with Gasteiger partial charge in [-0.3, -0.25) is 9.78 Å². The second kappa shape index (κ2) is 5.48. The normalized spacial score (nSPS) is 21.8. The average Bonchev–Trinajstić information content (AvgIpc) is 2.87. The van der Waals surface area contributed by atoms with Crippen LogP contribution in [-0.4, -0.2) is 40.1 Å². The van der Waals surface area contributed by atoms with E-state index in [0.29, 0.717) is 25.1 Å². The second-order valence-electron chi connectivity index (χ2n) is 5.18. The van der Waals surface area contributed by atoms with Gasteiger partial charge in [0, 0.05) is 19.3 Å². The van der Waals surface area contributed by atoms with Gasteiger partial charge >= 0.3 is 12.0 Å². The molecule has 0 aliphatic carbocycles. The zero-order chi connectivity index (χ0) is 14.8. The van der Waals surface area contributed by atoms with Crippen LogP contribution in [-0.2, 0) is 4.79 Å². The van der Waals surface area contributed by atoms with Gasteiger partial charge in [-0.1, -0.05) is 6.92 Å². The predicted octanol–water partition coefficient (Wildman–Crippen LogP) is 2.11. The first kappa shape index (κ1) is 14.3. The highest BCUT2D eigenvalue weighted by Crippen LogP contribution is 2.34. The SMILES string of the molecule is CCC1(C(=O)O)CCN(C(=O)Nc2cccnc2C)C1. The van der Waals surface area contributed by atoms with E-state index in [1.165, 1.54) is 0 Å². The number of aromatic nitrogens is 1. The van der Waals surface area contributed by atoms with Crippen LogP contribution in [0.15, 0.2) is 18.3 Å². The summed E-state index contributed by atoms with van der Waals surface area (Å²) in [6, 6.07) is 3.26. The summed E-state index contributed by atoms with van der Waals surface area (Å²) < 4.78 is 0. The number of carbonyl (C=O) groups excluding carboxylic acids is 1. The fourth-order valence-corrected chi connectivity index (χ4v) is 2.47. The Kier molecular flexibility index (Phi) is 3.92. The standard InChI is InChI=1S/C14H19N3O3/c1-3-14(12(18)19)6-8-17(9-14)13(20)16-11-5-4-7-15-10(11)2/h4-5,7H,3,6,8-9H2,1-2H3,(H,16,20)(H,18,19). The average molecular weight is 277 g/mol. The number of anilines is 1. The molecule has 6 heteroatoms. The molecule has 20 heavy (non-hydrogen) atoms. The molecule has 0 spiro atoms. The highest BCUT2D eigenvalue weighted by atomic mass is 16.4. The number of rotatable bonds is 3. The van der Waals surface area contributed by atoms with E-state index in [4.69, 9.17) is 0 Å². The van der Waals surface area contributed by atoms with Gasteiger partial charge in [-0.2, -0.15) is 0 Å². The summed E-state index contributed by atoms with van der Waals surface area (Å²) in [5.41, 5.74) is 0.586. The fourth-order valence-electron chi connectivity index (χ4n) is 2.47. The van der Waals surface area contributed by atoms with Gasteiger partial charge in [0.25, 0.3) is 0 Å². The first-order chi connectivity index (χ1) is 9.48. The number of nitrogens with zero attached hydrogens (tertiary/aromatic N) is 2. The summed E-state index contributed by atoms with van der Waals surface area (Å²) in [4.78, 5) is 29.2. The van der Waals surface area contributed by atoms with Crippen LogP contribution in [0.2, 0.25) is 0 Å². The van der Waals surface area contributed by atoms with E-state index in [1.54, 1.807) is 23.2 Å². The third kappa shape index (κ3) is 2.59. The van der Waals surface area contributed by atoms with Crippen LogP contribution >= 0.6 is 0 Å². The van der Waals surface area contributed by atoms with Gasteiger partial charge < -0.3 is 15.3 Å². The number of amides is 2. The Morgan fingerprint density at radius 2 is 2.30 bits per heavy atom. The van der Waals surface area contributed by atoms with Crippen molar-refractivity contribution in [3.8, 4) is 0 Å². The quantitative estimate of drug-likeness (QED) is 0.886. The zero-order valence-corrected chi connectivity index (χ0v) is 11.7. The molecule has 2 rings (SSSR count). The number of aliphatic carboxylic acids is 1. The third-order valence-electron chi connectivity index (χ3n) is 4.02. The Balaban J connectivity index is 2.05. The van der Waals surface area contributed by atoms with Crippen LogP contribution in [0, 0.1) is 12.3 Å². The van der Waals surface area contributed by atoms with Crippen molar-refractivity contribution >= 4 is 17.7 Å². The summed E-state index contributed by atoms with van der Waals surface area (Å²) in [7, 11) is 0. The Morgan fingerprint density at radius 1 is 1.55 bits per heavy atom. The highest BCUT2D eigenvalue weighted by molar-refractivity contribution is 5.90. The summed E-state index contributed by atoms with van der Waals surface area (Å²) in [6.45, 7) is 4.38. The second-order valence-corrected chi connectivity index (χ2v) is 5.18. The minimum absolute atomic E-state index is 0.254. The predicted molar refractivity (Wildman–Crippen MR) is 74.5 cm³/mol. The number of pyridine rings is 1. The van der Waals surface area contributed by atoms with E-state index in [-0.39, 0.29) is 12.6 Å². The Morgan fingerprint density at radius 3 is 2.85 bits per heavy atom. The fraction of sp³-hybridized carbons (Fsp3) is 0.500. The van der Waals surface area contributed by atoms with Crippen molar-refractivity contribution < 1.29 is 14.7 Å². The van der Waals surface area contributed by atoms with Crippen molar-refractivity contribution in [2.75, 3.05) is 18.4 Å². The zero-order valence-electron chi connectivity index (χ0n) is 11.7. The summed E-state index contributed by atoms with van der Waals surface area (Å²) in [6.07, 6.45) is 2.68. The number of carboxylic acid groups (broad SMARTS) is 1. The number of hydrogen-bond acceptors (Lipinski definition) is 3. The van der Waals surface area contributed by atoms with Gasteiger partial charge in [0.05, 0.1) is 16.8 Å². The van der Waals surface area contributed by atoms with Crippen molar-refractivity contribution in [3.63, 3.8) is 0 Å².